The Kier molecular flexibility index (Phi) is 7.29. The summed E-state index contributed by atoms with van der Waals surface area (Å²) in [6, 6.07) is 3.76. The van der Waals surface area contributed by atoms with E-state index >= 15 is 0 Å². The second-order valence-electron chi connectivity index (χ2n) is 8.68. The number of hydrogen-bond donors (Lipinski definition) is 1. The van der Waals surface area contributed by atoms with Gasteiger partial charge in [-0.1, -0.05) is 17.9 Å². The van der Waals surface area contributed by atoms with E-state index in [0.717, 1.165) is 4.90 Å². The number of esters is 1. The van der Waals surface area contributed by atoms with Gasteiger partial charge in [-0.15, -0.1) is 0 Å². The summed E-state index contributed by atoms with van der Waals surface area (Å²) in [5.41, 5.74) is 0.190. The molecule has 0 spiro atoms. The lowest BCUT2D eigenvalue weighted by atomic mass is 10.0. The van der Waals surface area contributed by atoms with Crippen LogP contribution in [0.15, 0.2) is 18.2 Å². The number of piperidine rings is 1. The fourth-order valence-electron chi connectivity index (χ4n) is 3.55. The van der Waals surface area contributed by atoms with Crippen LogP contribution in [0, 0.1) is 11.8 Å². The predicted octanol–water partition coefficient (Wildman–Crippen LogP) is 1.58. The van der Waals surface area contributed by atoms with Crippen LogP contribution in [0.3, 0.4) is 0 Å². The number of imide groups is 2. The normalized spacial score (nSPS) is 17.9. The number of rotatable bonds is 6. The highest BCUT2D eigenvalue weighted by molar-refractivity contribution is 6.24. The number of ether oxygens (including phenoxy) is 2. The molecule has 0 aliphatic carbocycles. The minimum atomic E-state index is -1.02. The average Bonchev–Trinajstić information content (AvgIpc) is 2.97. The molecule has 174 valence electrons. The number of amides is 4. The third-order valence-corrected chi connectivity index (χ3v) is 4.93. The quantitative estimate of drug-likeness (QED) is 0.300. The van der Waals surface area contributed by atoms with E-state index in [0.29, 0.717) is 18.6 Å². The van der Waals surface area contributed by atoms with Crippen LogP contribution in [0.4, 0.5) is 0 Å². The second-order valence-corrected chi connectivity index (χ2v) is 8.68. The molecule has 1 atom stereocenters. The Morgan fingerprint density at radius 1 is 1.15 bits per heavy atom. The van der Waals surface area contributed by atoms with Crippen molar-refractivity contribution in [3.63, 3.8) is 0 Å². The minimum Gasteiger partial charge on any atom is -0.460 e. The van der Waals surface area contributed by atoms with Gasteiger partial charge < -0.3 is 9.47 Å². The van der Waals surface area contributed by atoms with Gasteiger partial charge in [-0.05, 0) is 39.3 Å². The number of nitrogens with zero attached hydrogens (tertiary/aromatic N) is 1. The van der Waals surface area contributed by atoms with Gasteiger partial charge in [-0.3, -0.25) is 34.2 Å². The van der Waals surface area contributed by atoms with E-state index in [1.807, 2.05) is 0 Å². The van der Waals surface area contributed by atoms with Crippen LogP contribution in [0.25, 0.3) is 0 Å². The summed E-state index contributed by atoms with van der Waals surface area (Å²) in [4.78, 5) is 61.9. The molecule has 2 aliphatic rings. The molecule has 0 radical (unpaired) electrons. The van der Waals surface area contributed by atoms with Crippen molar-refractivity contribution in [3.8, 4) is 11.8 Å². The molecule has 1 aromatic carbocycles. The summed E-state index contributed by atoms with van der Waals surface area (Å²) in [7, 11) is 0. The molecule has 1 saturated heterocycles. The maximum atomic E-state index is 13.0. The van der Waals surface area contributed by atoms with Gasteiger partial charge in [0.25, 0.3) is 11.8 Å². The maximum absolute atomic E-state index is 13.0. The number of benzene rings is 1. The summed E-state index contributed by atoms with van der Waals surface area (Å²) in [6.45, 7) is 5.89. The fraction of sp³-hybridized carbons (Fsp3) is 0.458. The average molecular weight is 454 g/mol. The third kappa shape index (κ3) is 5.84. The van der Waals surface area contributed by atoms with Crippen molar-refractivity contribution < 1.29 is 33.4 Å². The maximum Gasteiger partial charge on any atom is 0.308 e. The molecule has 2 heterocycles. The Morgan fingerprint density at radius 2 is 1.91 bits per heavy atom. The van der Waals surface area contributed by atoms with Gasteiger partial charge in [0.15, 0.2) is 0 Å². The molecular weight excluding hydrogens is 428 g/mol. The van der Waals surface area contributed by atoms with E-state index in [4.69, 9.17) is 9.47 Å². The van der Waals surface area contributed by atoms with E-state index < -0.39 is 35.3 Å². The summed E-state index contributed by atoms with van der Waals surface area (Å²) >= 11 is 0. The first-order chi connectivity index (χ1) is 15.6. The van der Waals surface area contributed by atoms with Crippen LogP contribution in [0.1, 0.15) is 72.7 Å². The molecule has 0 aromatic heterocycles. The van der Waals surface area contributed by atoms with Crippen LogP contribution in [-0.2, 0) is 23.9 Å². The van der Waals surface area contributed by atoms with E-state index in [1.165, 1.54) is 6.07 Å². The van der Waals surface area contributed by atoms with Gasteiger partial charge in [0.2, 0.25) is 11.8 Å². The zero-order valence-corrected chi connectivity index (χ0v) is 18.9. The summed E-state index contributed by atoms with van der Waals surface area (Å²) in [6.07, 6.45) is 0.656. The van der Waals surface area contributed by atoms with E-state index in [9.17, 15) is 24.0 Å². The van der Waals surface area contributed by atoms with Crippen molar-refractivity contribution in [1.82, 2.24) is 10.2 Å². The number of carbonyl (C=O) groups is 5. The van der Waals surface area contributed by atoms with Crippen molar-refractivity contribution in [1.29, 1.82) is 0 Å². The molecule has 9 nitrogen and oxygen atoms in total. The standard InChI is InChI=1S/C24H26N2O7/c1-24(2,3)33-19(28)12-14-32-13-5-4-7-15-8-6-9-16-20(15)23(31)26(22(16)30)17-10-11-18(27)25-21(17)29/h6,8-9,17H,5,10-14H2,1-3H3,(H,25,27,29). The van der Waals surface area contributed by atoms with Gasteiger partial charge in [-0.25, -0.2) is 0 Å². The Morgan fingerprint density at radius 3 is 2.61 bits per heavy atom. The van der Waals surface area contributed by atoms with Crippen LogP contribution in [-0.4, -0.2) is 59.4 Å². The number of hydrogen-bond acceptors (Lipinski definition) is 7. The molecule has 1 fully saturated rings. The number of fused-ring (bicyclic) bond motifs is 1. The molecule has 0 bridgehead atoms. The van der Waals surface area contributed by atoms with Gasteiger partial charge >= 0.3 is 5.97 Å². The van der Waals surface area contributed by atoms with Crippen LogP contribution < -0.4 is 5.32 Å². The Labute approximate surface area is 191 Å². The third-order valence-electron chi connectivity index (χ3n) is 4.93. The number of nitrogens with one attached hydrogen (secondary N) is 1. The second kappa shape index (κ2) is 9.96. The molecule has 9 heteroatoms. The minimum absolute atomic E-state index is 0.0599. The lowest BCUT2D eigenvalue weighted by Gasteiger charge is -2.27. The van der Waals surface area contributed by atoms with Crippen molar-refractivity contribution >= 4 is 29.6 Å². The lowest BCUT2D eigenvalue weighted by molar-refractivity contribution is -0.156. The van der Waals surface area contributed by atoms with Crippen molar-refractivity contribution in [2.24, 2.45) is 0 Å². The first-order valence-corrected chi connectivity index (χ1v) is 10.7. The van der Waals surface area contributed by atoms with Crippen molar-refractivity contribution in [2.45, 2.75) is 58.1 Å². The Hall–Kier alpha value is -3.51. The highest BCUT2D eigenvalue weighted by atomic mass is 16.6. The molecular formula is C24H26N2O7. The van der Waals surface area contributed by atoms with Gasteiger partial charge in [0.05, 0.1) is 30.8 Å². The lowest BCUT2D eigenvalue weighted by Crippen LogP contribution is -2.54. The van der Waals surface area contributed by atoms with Crippen molar-refractivity contribution in [3.05, 3.63) is 34.9 Å². The van der Waals surface area contributed by atoms with Gasteiger partial charge in [0.1, 0.15) is 11.6 Å². The van der Waals surface area contributed by atoms with Gasteiger partial charge in [-0.2, -0.15) is 0 Å². The Balaban J connectivity index is 1.58. The summed E-state index contributed by atoms with van der Waals surface area (Å²) in [5.74, 6) is 3.22. The van der Waals surface area contributed by atoms with E-state index in [1.54, 1.807) is 32.9 Å². The first-order valence-electron chi connectivity index (χ1n) is 10.7. The largest absolute Gasteiger partial charge is 0.460 e. The van der Waals surface area contributed by atoms with Crippen molar-refractivity contribution in [2.75, 3.05) is 13.2 Å². The van der Waals surface area contributed by atoms with Gasteiger partial charge in [0, 0.05) is 18.4 Å². The molecule has 1 unspecified atom stereocenters. The molecule has 2 aliphatic heterocycles. The zero-order chi connectivity index (χ0) is 24.2. The fourth-order valence-corrected chi connectivity index (χ4v) is 3.55. The molecule has 33 heavy (non-hydrogen) atoms. The van der Waals surface area contributed by atoms with Crippen LogP contribution in [0.2, 0.25) is 0 Å². The smallest absolute Gasteiger partial charge is 0.308 e. The topological polar surface area (TPSA) is 119 Å². The highest BCUT2D eigenvalue weighted by Gasteiger charge is 2.45. The van der Waals surface area contributed by atoms with Crippen LogP contribution >= 0.6 is 0 Å². The highest BCUT2D eigenvalue weighted by Crippen LogP contribution is 2.29. The van der Waals surface area contributed by atoms with E-state index in [2.05, 4.69) is 17.2 Å². The SMILES string of the molecule is CC(C)(C)OC(=O)CCOCCC#Cc1cccc2c1C(=O)N(C1CCC(=O)NC1=O)C2=O. The summed E-state index contributed by atoms with van der Waals surface area (Å²) in [5, 5.41) is 2.17. The molecule has 0 saturated carbocycles. The molecule has 3 rings (SSSR count). The molecule has 1 N–H and O–H groups in total. The first kappa shape index (κ1) is 24.1. The monoisotopic (exact) mass is 454 g/mol. The number of carbonyl (C=O) groups excluding carboxylic acids is 5. The van der Waals surface area contributed by atoms with E-state index in [-0.39, 0.29) is 43.0 Å². The predicted molar refractivity (Wildman–Crippen MR) is 116 cm³/mol. The Bertz CT molecular complexity index is 1060. The zero-order valence-electron chi connectivity index (χ0n) is 18.9. The molecule has 1 aromatic rings. The summed E-state index contributed by atoms with van der Waals surface area (Å²) < 4.78 is 10.6. The molecule has 4 amide bonds. The van der Waals surface area contributed by atoms with Crippen LogP contribution in [0.5, 0.6) is 0 Å².